The van der Waals surface area contributed by atoms with Crippen molar-refractivity contribution in [2.24, 2.45) is 0 Å². The van der Waals surface area contributed by atoms with Crippen molar-refractivity contribution < 1.29 is 9.53 Å². The number of methoxy groups -OCH3 is 1. The monoisotopic (exact) mass is 397 g/mol. The van der Waals surface area contributed by atoms with Gasteiger partial charge < -0.3 is 20.3 Å². The first-order chi connectivity index (χ1) is 13.7. The van der Waals surface area contributed by atoms with Crippen LogP contribution >= 0.6 is 0 Å². The van der Waals surface area contributed by atoms with Gasteiger partial charge in [0.15, 0.2) is 0 Å². The third kappa shape index (κ3) is 5.97. The van der Waals surface area contributed by atoms with Crippen LogP contribution in [0.1, 0.15) is 62.3 Å². The van der Waals surface area contributed by atoms with Gasteiger partial charge in [0.25, 0.3) is 0 Å². The normalized spacial score (nSPS) is 12.3. The van der Waals surface area contributed by atoms with Crippen molar-refractivity contribution in [3.63, 3.8) is 0 Å². The predicted octanol–water partition coefficient (Wildman–Crippen LogP) is 5.37. The topological polar surface area (TPSA) is 53.6 Å². The molecule has 2 amide bonds. The number of nitrogens with zero attached hydrogens (tertiary/aromatic N) is 1. The first-order valence-corrected chi connectivity index (χ1v) is 10.2. The van der Waals surface area contributed by atoms with Gasteiger partial charge in [-0.2, -0.15) is 0 Å². The highest BCUT2D eigenvalue weighted by molar-refractivity contribution is 5.91. The molecule has 0 aliphatic rings. The van der Waals surface area contributed by atoms with Crippen LogP contribution in [0.25, 0.3) is 0 Å². The van der Waals surface area contributed by atoms with Gasteiger partial charge in [0, 0.05) is 12.2 Å². The number of anilines is 1. The maximum atomic E-state index is 12.8. The summed E-state index contributed by atoms with van der Waals surface area (Å²) in [6, 6.07) is 14.1. The van der Waals surface area contributed by atoms with Crippen LogP contribution in [0.3, 0.4) is 0 Å². The molecule has 29 heavy (non-hydrogen) atoms. The Kier molecular flexibility index (Phi) is 8.09. The molecule has 2 aromatic rings. The van der Waals surface area contributed by atoms with E-state index in [9.17, 15) is 4.79 Å². The Hall–Kier alpha value is -2.53. The quantitative estimate of drug-likeness (QED) is 0.630. The predicted molar refractivity (Wildman–Crippen MR) is 121 cm³/mol. The molecule has 0 fully saturated rings. The van der Waals surface area contributed by atoms with Crippen LogP contribution in [0.5, 0.6) is 5.75 Å². The second-order valence-corrected chi connectivity index (χ2v) is 8.21. The number of carbonyl (C=O) groups excluding carboxylic acids is 1. The number of ether oxygens (including phenoxy) is 1. The van der Waals surface area contributed by atoms with Crippen LogP contribution in [0, 0.1) is 0 Å². The Morgan fingerprint density at radius 1 is 0.966 bits per heavy atom. The van der Waals surface area contributed by atoms with E-state index in [1.807, 2.05) is 38.4 Å². The van der Waals surface area contributed by atoms with Crippen LogP contribution in [0.2, 0.25) is 0 Å². The summed E-state index contributed by atoms with van der Waals surface area (Å²) in [4.78, 5) is 14.9. The summed E-state index contributed by atoms with van der Waals surface area (Å²) in [6.45, 7) is 9.09. The molecule has 158 valence electrons. The molecule has 2 aromatic carbocycles. The van der Waals surface area contributed by atoms with E-state index in [1.54, 1.807) is 7.11 Å². The molecule has 1 unspecified atom stereocenters. The van der Waals surface area contributed by atoms with Crippen molar-refractivity contribution in [2.75, 3.05) is 33.1 Å². The molecule has 5 heteroatoms. The van der Waals surface area contributed by atoms with Gasteiger partial charge in [-0.15, -0.1) is 0 Å². The van der Waals surface area contributed by atoms with Crippen molar-refractivity contribution in [1.29, 1.82) is 0 Å². The highest BCUT2D eigenvalue weighted by atomic mass is 16.5. The van der Waals surface area contributed by atoms with E-state index < -0.39 is 0 Å². The molecule has 0 aliphatic heterocycles. The highest BCUT2D eigenvalue weighted by Crippen LogP contribution is 2.32. The van der Waals surface area contributed by atoms with Gasteiger partial charge in [0.05, 0.1) is 13.2 Å². The zero-order valence-electron chi connectivity index (χ0n) is 18.7. The molecule has 0 heterocycles. The number of likely N-dealkylation sites (N-methyl/N-ethyl adjacent to an activating group) is 1. The zero-order valence-corrected chi connectivity index (χ0v) is 18.7. The maximum Gasteiger partial charge on any atom is 0.319 e. The van der Waals surface area contributed by atoms with E-state index in [1.165, 1.54) is 0 Å². The number of rotatable bonds is 8. The number of hydrogen-bond acceptors (Lipinski definition) is 3. The second-order valence-electron chi connectivity index (χ2n) is 8.21. The highest BCUT2D eigenvalue weighted by Gasteiger charge is 2.18. The number of urea groups is 1. The van der Waals surface area contributed by atoms with Crippen molar-refractivity contribution >= 4 is 11.7 Å². The molecule has 0 aromatic heterocycles. The zero-order chi connectivity index (χ0) is 21.6. The molecule has 0 saturated carbocycles. The summed E-state index contributed by atoms with van der Waals surface area (Å²) in [5, 5.41) is 6.17. The lowest BCUT2D eigenvalue weighted by atomic mass is 9.93. The SMILES string of the molecule is COc1ccc(C(CNC(=O)Nc2c(C(C)C)cccc2C(C)C)N(C)C)cc1. The number of amides is 2. The molecular formula is C24H35N3O2. The van der Waals surface area contributed by atoms with Gasteiger partial charge in [-0.3, -0.25) is 0 Å². The number of hydrogen-bond donors (Lipinski definition) is 2. The Labute approximate surface area is 175 Å². The van der Waals surface area contributed by atoms with Crippen LogP contribution in [0.4, 0.5) is 10.5 Å². The van der Waals surface area contributed by atoms with Crippen LogP contribution < -0.4 is 15.4 Å². The standard InChI is InChI=1S/C24H35N3O2/c1-16(2)20-9-8-10-21(17(3)4)23(20)26-24(28)25-15-22(27(5)6)18-11-13-19(29-7)14-12-18/h8-14,16-17,22H,15H2,1-7H3,(H2,25,26,28). The second kappa shape index (κ2) is 10.3. The summed E-state index contributed by atoms with van der Waals surface area (Å²) < 4.78 is 5.24. The van der Waals surface area contributed by atoms with Gasteiger partial charge in [-0.1, -0.05) is 58.0 Å². The van der Waals surface area contributed by atoms with E-state index in [4.69, 9.17) is 4.74 Å². The minimum atomic E-state index is -0.180. The van der Waals surface area contributed by atoms with E-state index in [-0.39, 0.29) is 12.1 Å². The largest absolute Gasteiger partial charge is 0.497 e. The molecule has 5 nitrogen and oxygen atoms in total. The Morgan fingerprint density at radius 3 is 1.97 bits per heavy atom. The minimum Gasteiger partial charge on any atom is -0.497 e. The molecular weight excluding hydrogens is 362 g/mol. The van der Waals surface area contributed by atoms with Crippen molar-refractivity contribution in [1.82, 2.24) is 10.2 Å². The summed E-state index contributed by atoms with van der Waals surface area (Å²) >= 11 is 0. The number of carbonyl (C=O) groups is 1. The van der Waals surface area contributed by atoms with E-state index in [0.717, 1.165) is 28.1 Å². The molecule has 2 N–H and O–H groups in total. The fraction of sp³-hybridized carbons (Fsp3) is 0.458. The molecule has 0 radical (unpaired) electrons. The average Bonchev–Trinajstić information content (AvgIpc) is 2.68. The van der Waals surface area contributed by atoms with Gasteiger partial charge >= 0.3 is 6.03 Å². The van der Waals surface area contributed by atoms with Crippen LogP contribution in [-0.4, -0.2) is 38.7 Å². The summed E-state index contributed by atoms with van der Waals surface area (Å²) in [5.41, 5.74) is 4.37. The summed E-state index contributed by atoms with van der Waals surface area (Å²) in [7, 11) is 5.68. The lowest BCUT2D eigenvalue weighted by molar-refractivity contribution is 0.243. The smallest absolute Gasteiger partial charge is 0.319 e. The Morgan fingerprint density at radius 2 is 1.52 bits per heavy atom. The number of nitrogens with one attached hydrogen (secondary N) is 2. The molecule has 2 rings (SSSR count). The van der Waals surface area contributed by atoms with Crippen molar-refractivity contribution in [3.05, 3.63) is 59.2 Å². The van der Waals surface area contributed by atoms with Crippen molar-refractivity contribution in [3.8, 4) is 5.75 Å². The minimum absolute atomic E-state index is 0.0663. The van der Waals surface area contributed by atoms with Gasteiger partial charge in [0.2, 0.25) is 0 Å². The summed E-state index contributed by atoms with van der Waals surface area (Å²) in [5.74, 6) is 1.49. The first kappa shape index (κ1) is 22.8. The van der Waals surface area contributed by atoms with E-state index in [0.29, 0.717) is 18.4 Å². The van der Waals surface area contributed by atoms with E-state index >= 15 is 0 Å². The average molecular weight is 398 g/mol. The van der Waals surface area contributed by atoms with E-state index in [2.05, 4.69) is 61.4 Å². The van der Waals surface area contributed by atoms with Crippen LogP contribution in [-0.2, 0) is 0 Å². The lowest BCUT2D eigenvalue weighted by Crippen LogP contribution is -2.37. The van der Waals surface area contributed by atoms with Gasteiger partial charge in [-0.25, -0.2) is 4.79 Å². The van der Waals surface area contributed by atoms with Gasteiger partial charge in [-0.05, 0) is 54.8 Å². The maximum absolute atomic E-state index is 12.8. The van der Waals surface area contributed by atoms with Crippen molar-refractivity contribution in [2.45, 2.75) is 45.6 Å². The lowest BCUT2D eigenvalue weighted by Gasteiger charge is -2.26. The number of para-hydroxylation sites is 1. The summed E-state index contributed by atoms with van der Waals surface area (Å²) in [6.07, 6.45) is 0. The molecule has 1 atom stereocenters. The Balaban J connectivity index is 2.13. The Bertz CT molecular complexity index is 772. The third-order valence-electron chi connectivity index (χ3n) is 5.19. The molecule has 0 aliphatic carbocycles. The van der Waals surface area contributed by atoms with Gasteiger partial charge in [0.1, 0.15) is 5.75 Å². The first-order valence-electron chi connectivity index (χ1n) is 10.2. The molecule has 0 bridgehead atoms. The fourth-order valence-electron chi connectivity index (χ4n) is 3.47. The molecule has 0 saturated heterocycles. The third-order valence-corrected chi connectivity index (χ3v) is 5.19. The van der Waals surface area contributed by atoms with Crippen LogP contribution in [0.15, 0.2) is 42.5 Å². The molecule has 0 spiro atoms. The number of benzene rings is 2. The fourth-order valence-corrected chi connectivity index (χ4v) is 3.47.